The van der Waals surface area contributed by atoms with Crippen LogP contribution in [0, 0.1) is 0 Å². The van der Waals surface area contributed by atoms with Gasteiger partial charge >= 0.3 is 0 Å². The number of rotatable bonds is 6. The Kier molecular flexibility index (Phi) is 4.88. The molecule has 2 aliphatic rings. The molecule has 0 radical (unpaired) electrons. The molecule has 4 nitrogen and oxygen atoms in total. The average molecular weight is 421 g/mol. The van der Waals surface area contributed by atoms with Crippen LogP contribution in [0.5, 0.6) is 11.5 Å². The maximum absolute atomic E-state index is 9.75. The number of benzene rings is 2. The van der Waals surface area contributed by atoms with Crippen molar-refractivity contribution in [2.24, 2.45) is 0 Å². The van der Waals surface area contributed by atoms with Gasteiger partial charge in [-0.25, -0.2) is 0 Å². The number of hydrogen-bond donors (Lipinski definition) is 2. The Morgan fingerprint density at radius 1 is 1.00 bits per heavy atom. The first-order valence-electron chi connectivity index (χ1n) is 9.37. The Hall–Kier alpha value is -1.30. The fraction of sp³-hybridized carbons (Fsp3) is 0.524. The van der Waals surface area contributed by atoms with Gasteiger partial charge in [-0.2, -0.15) is 0 Å². The summed E-state index contributed by atoms with van der Waals surface area (Å²) in [5.41, 5.74) is 2.51. The van der Waals surface area contributed by atoms with Gasteiger partial charge in [0.15, 0.2) is 0 Å². The fourth-order valence-corrected chi connectivity index (χ4v) is 5.04. The molecule has 2 aliphatic carbocycles. The highest BCUT2D eigenvalue weighted by atomic mass is 79.9. The predicted molar refractivity (Wildman–Crippen MR) is 105 cm³/mol. The molecule has 0 heterocycles. The van der Waals surface area contributed by atoms with E-state index < -0.39 is 12.2 Å². The molecule has 0 amide bonds. The molecular formula is C21H25BrO4. The van der Waals surface area contributed by atoms with Crippen molar-refractivity contribution in [2.75, 3.05) is 13.2 Å². The summed E-state index contributed by atoms with van der Waals surface area (Å²) in [7, 11) is 0. The van der Waals surface area contributed by atoms with Gasteiger partial charge in [-0.1, -0.05) is 28.1 Å². The second-order valence-electron chi connectivity index (χ2n) is 7.67. The smallest absolute Gasteiger partial charge is 0.132 e. The van der Waals surface area contributed by atoms with Crippen LogP contribution in [0.1, 0.15) is 56.1 Å². The van der Waals surface area contributed by atoms with Crippen LogP contribution >= 0.6 is 15.9 Å². The van der Waals surface area contributed by atoms with Crippen molar-refractivity contribution < 1.29 is 19.7 Å². The number of ether oxygens (including phenoxy) is 2. The lowest BCUT2D eigenvalue weighted by Crippen LogP contribution is -2.17. The van der Waals surface area contributed by atoms with Crippen molar-refractivity contribution in [3.05, 3.63) is 33.8 Å². The minimum atomic E-state index is -0.520. The molecule has 4 atom stereocenters. The van der Waals surface area contributed by atoms with E-state index in [0.717, 1.165) is 33.2 Å². The van der Waals surface area contributed by atoms with Gasteiger partial charge in [-0.05, 0) is 51.0 Å². The number of hydrogen-bond acceptors (Lipinski definition) is 4. The summed E-state index contributed by atoms with van der Waals surface area (Å²) in [5, 5.41) is 21.5. The summed E-state index contributed by atoms with van der Waals surface area (Å²) in [6.45, 7) is 4.03. The fourth-order valence-electron chi connectivity index (χ4n) is 4.50. The van der Waals surface area contributed by atoms with Crippen LogP contribution in [0.4, 0.5) is 0 Å². The zero-order chi connectivity index (χ0) is 18.4. The van der Waals surface area contributed by atoms with Gasteiger partial charge in [0, 0.05) is 26.4 Å². The molecule has 140 valence electrons. The Labute approximate surface area is 162 Å². The quantitative estimate of drug-likeness (QED) is 0.722. The Morgan fingerprint density at radius 2 is 1.58 bits per heavy atom. The molecule has 5 heteroatoms. The Morgan fingerprint density at radius 3 is 2.19 bits per heavy atom. The molecule has 2 bridgehead atoms. The van der Waals surface area contributed by atoms with Gasteiger partial charge < -0.3 is 19.7 Å². The van der Waals surface area contributed by atoms with E-state index in [-0.39, 0.29) is 13.2 Å². The molecule has 2 aromatic rings. The van der Waals surface area contributed by atoms with E-state index in [1.165, 1.54) is 24.0 Å². The second kappa shape index (κ2) is 7.02. The van der Waals surface area contributed by atoms with Crippen LogP contribution in [0.25, 0.3) is 10.8 Å². The second-order valence-corrected chi connectivity index (χ2v) is 8.53. The van der Waals surface area contributed by atoms with E-state index in [2.05, 4.69) is 22.0 Å². The first kappa shape index (κ1) is 18.1. The summed E-state index contributed by atoms with van der Waals surface area (Å²) in [5.74, 6) is 2.77. The van der Waals surface area contributed by atoms with Crippen molar-refractivity contribution in [3.63, 3.8) is 0 Å². The zero-order valence-electron chi connectivity index (χ0n) is 15.2. The van der Waals surface area contributed by atoms with E-state index in [1.807, 2.05) is 12.1 Å². The van der Waals surface area contributed by atoms with Crippen LogP contribution in [0.2, 0.25) is 0 Å². The molecule has 1 saturated carbocycles. The molecule has 2 aromatic carbocycles. The largest absolute Gasteiger partial charge is 0.490 e. The summed E-state index contributed by atoms with van der Waals surface area (Å²) >= 11 is 3.68. The third-order valence-corrected chi connectivity index (χ3v) is 6.11. The lowest BCUT2D eigenvalue weighted by Gasteiger charge is -2.26. The van der Waals surface area contributed by atoms with Crippen LogP contribution in [0.3, 0.4) is 0 Å². The summed E-state index contributed by atoms with van der Waals surface area (Å²) < 4.78 is 13.2. The molecule has 4 unspecified atom stereocenters. The monoisotopic (exact) mass is 420 g/mol. The SMILES string of the molecule is CC(O)COc1c2c(c(OCC(C)O)c3c(Br)cccc13)C1CCC2C1. The summed E-state index contributed by atoms with van der Waals surface area (Å²) in [6, 6.07) is 6.06. The molecular weight excluding hydrogens is 396 g/mol. The van der Waals surface area contributed by atoms with Gasteiger partial charge in [0.1, 0.15) is 24.7 Å². The summed E-state index contributed by atoms with van der Waals surface area (Å²) in [6.07, 6.45) is 2.46. The van der Waals surface area contributed by atoms with E-state index in [9.17, 15) is 10.2 Å². The van der Waals surface area contributed by atoms with Gasteiger partial charge in [0.05, 0.1) is 12.2 Å². The number of aliphatic hydroxyl groups excluding tert-OH is 2. The maximum atomic E-state index is 9.75. The lowest BCUT2D eigenvalue weighted by molar-refractivity contribution is 0.120. The van der Waals surface area contributed by atoms with Crippen LogP contribution < -0.4 is 9.47 Å². The Bertz CT molecular complexity index is 831. The van der Waals surface area contributed by atoms with Crippen molar-refractivity contribution in [3.8, 4) is 11.5 Å². The molecule has 26 heavy (non-hydrogen) atoms. The number of halogens is 1. The molecule has 0 aliphatic heterocycles. The Balaban J connectivity index is 1.95. The first-order valence-corrected chi connectivity index (χ1v) is 10.2. The van der Waals surface area contributed by atoms with Crippen LogP contribution in [-0.4, -0.2) is 35.6 Å². The zero-order valence-corrected chi connectivity index (χ0v) is 16.8. The van der Waals surface area contributed by atoms with Crippen LogP contribution in [-0.2, 0) is 0 Å². The van der Waals surface area contributed by atoms with E-state index >= 15 is 0 Å². The summed E-state index contributed by atoms with van der Waals surface area (Å²) in [4.78, 5) is 0. The molecule has 0 saturated heterocycles. The molecule has 4 rings (SSSR count). The van der Waals surface area contributed by atoms with Crippen molar-refractivity contribution in [2.45, 2.75) is 57.2 Å². The number of fused-ring (bicyclic) bond motifs is 6. The first-order chi connectivity index (χ1) is 12.5. The van der Waals surface area contributed by atoms with Gasteiger partial charge in [0.2, 0.25) is 0 Å². The van der Waals surface area contributed by atoms with Crippen molar-refractivity contribution in [1.82, 2.24) is 0 Å². The topological polar surface area (TPSA) is 58.9 Å². The van der Waals surface area contributed by atoms with Crippen molar-refractivity contribution >= 4 is 26.7 Å². The predicted octanol–water partition coefficient (Wildman–Crippen LogP) is 4.49. The highest BCUT2D eigenvalue weighted by Gasteiger charge is 2.43. The normalized spacial score (nSPS) is 23.1. The maximum Gasteiger partial charge on any atom is 0.132 e. The highest BCUT2D eigenvalue weighted by molar-refractivity contribution is 9.10. The van der Waals surface area contributed by atoms with Crippen molar-refractivity contribution in [1.29, 1.82) is 0 Å². The number of aliphatic hydroxyl groups is 2. The lowest BCUT2D eigenvalue weighted by atomic mass is 9.87. The molecule has 0 aromatic heterocycles. The molecule has 1 fully saturated rings. The highest BCUT2D eigenvalue weighted by Crippen LogP contribution is 2.61. The van der Waals surface area contributed by atoms with Gasteiger partial charge in [-0.15, -0.1) is 0 Å². The minimum Gasteiger partial charge on any atom is -0.490 e. The van der Waals surface area contributed by atoms with Gasteiger partial charge in [0.25, 0.3) is 0 Å². The van der Waals surface area contributed by atoms with Crippen LogP contribution in [0.15, 0.2) is 22.7 Å². The van der Waals surface area contributed by atoms with E-state index in [4.69, 9.17) is 9.47 Å². The van der Waals surface area contributed by atoms with Gasteiger partial charge in [-0.3, -0.25) is 0 Å². The van der Waals surface area contributed by atoms with E-state index in [1.54, 1.807) is 13.8 Å². The molecule has 0 spiro atoms. The third kappa shape index (κ3) is 3.00. The third-order valence-electron chi connectivity index (χ3n) is 5.45. The minimum absolute atomic E-state index is 0.272. The standard InChI is InChI=1S/C21H25BrO4/c1-11(23)9-25-20-15-4-3-5-16(22)19(15)21(26-10-12(2)24)18-14-7-6-13(8-14)17(18)20/h3-5,11-14,23-24H,6-10H2,1-2H3. The van der Waals surface area contributed by atoms with E-state index in [0.29, 0.717) is 11.8 Å². The average Bonchev–Trinajstić information content (AvgIpc) is 3.20. The molecule has 2 N–H and O–H groups in total.